The lowest BCUT2D eigenvalue weighted by Crippen LogP contribution is -2.39. The second kappa shape index (κ2) is 20.9. The molecule has 0 saturated carbocycles. The first-order valence-corrected chi connectivity index (χ1v) is 13.1. The molecule has 0 heterocycles. The zero-order valence-corrected chi connectivity index (χ0v) is 20.8. The van der Waals surface area contributed by atoms with Gasteiger partial charge in [-0.1, -0.05) is 104 Å². The van der Waals surface area contributed by atoms with E-state index in [-0.39, 0.29) is 24.7 Å². The van der Waals surface area contributed by atoms with Crippen molar-refractivity contribution in [3.63, 3.8) is 0 Å². The molecule has 0 amide bonds. The minimum absolute atomic E-state index is 0.112. The Morgan fingerprint density at radius 2 is 1.23 bits per heavy atom. The van der Waals surface area contributed by atoms with Gasteiger partial charge in [0.2, 0.25) is 0 Å². The van der Waals surface area contributed by atoms with E-state index in [4.69, 9.17) is 16.2 Å². The van der Waals surface area contributed by atoms with Gasteiger partial charge in [0.15, 0.2) is 5.78 Å². The fourth-order valence-electron chi connectivity index (χ4n) is 3.94. The van der Waals surface area contributed by atoms with Gasteiger partial charge in [0, 0.05) is 13.0 Å². The van der Waals surface area contributed by atoms with Gasteiger partial charge in [-0.25, -0.2) is 0 Å². The van der Waals surface area contributed by atoms with Crippen LogP contribution < -0.4 is 11.5 Å². The van der Waals surface area contributed by atoms with E-state index in [1.165, 1.54) is 77.0 Å². The summed E-state index contributed by atoms with van der Waals surface area (Å²) in [6.07, 6.45) is 19.0. The highest BCUT2D eigenvalue weighted by Crippen LogP contribution is 2.19. The summed E-state index contributed by atoms with van der Waals surface area (Å²) in [7, 11) is 0. The van der Waals surface area contributed by atoms with Gasteiger partial charge < -0.3 is 16.2 Å². The van der Waals surface area contributed by atoms with Crippen LogP contribution in [-0.4, -0.2) is 30.9 Å². The number of carbonyl (C=O) groups is 2. The zero-order valence-electron chi connectivity index (χ0n) is 20.8. The van der Waals surface area contributed by atoms with Gasteiger partial charge in [0.05, 0.1) is 18.6 Å². The second-order valence-corrected chi connectivity index (χ2v) is 9.60. The molecule has 0 aromatic rings. The summed E-state index contributed by atoms with van der Waals surface area (Å²) < 4.78 is 5.46. The number of unbranched alkanes of at least 4 members (excludes halogenated alkanes) is 13. The van der Waals surface area contributed by atoms with E-state index in [0.717, 1.165) is 12.8 Å². The maximum absolute atomic E-state index is 12.4. The van der Waals surface area contributed by atoms with Crippen molar-refractivity contribution in [3.05, 3.63) is 0 Å². The third-order valence-corrected chi connectivity index (χ3v) is 5.95. The Labute approximate surface area is 192 Å². The van der Waals surface area contributed by atoms with Crippen LogP contribution in [0, 0.1) is 11.8 Å². The van der Waals surface area contributed by atoms with Crippen molar-refractivity contribution in [3.8, 4) is 0 Å². The highest BCUT2D eigenvalue weighted by Gasteiger charge is 2.26. The molecule has 0 aromatic carbocycles. The van der Waals surface area contributed by atoms with Crippen molar-refractivity contribution >= 4 is 11.8 Å². The first-order valence-electron chi connectivity index (χ1n) is 13.1. The Morgan fingerprint density at radius 3 is 1.65 bits per heavy atom. The lowest BCUT2D eigenvalue weighted by molar-refractivity contribution is -0.151. The molecule has 31 heavy (non-hydrogen) atoms. The molecular formula is C26H52N2O3. The van der Waals surface area contributed by atoms with E-state index in [2.05, 4.69) is 6.92 Å². The molecule has 0 aliphatic heterocycles. The third-order valence-electron chi connectivity index (χ3n) is 5.95. The maximum Gasteiger partial charge on any atom is 0.309 e. The molecule has 184 valence electrons. The third kappa shape index (κ3) is 18.3. The van der Waals surface area contributed by atoms with Crippen LogP contribution >= 0.6 is 0 Å². The summed E-state index contributed by atoms with van der Waals surface area (Å²) in [5.41, 5.74) is 11.2. The Morgan fingerprint density at radius 1 is 0.774 bits per heavy atom. The molecule has 5 nitrogen and oxygen atoms in total. The Bertz CT molecular complexity index is 440. The van der Waals surface area contributed by atoms with Crippen LogP contribution in [0.4, 0.5) is 0 Å². The number of Topliss-reactive ketones (excluding diaryl/α,β-unsaturated/α-hetero) is 1. The Balaban J connectivity index is 3.72. The van der Waals surface area contributed by atoms with Gasteiger partial charge in [-0.15, -0.1) is 0 Å². The minimum atomic E-state index is -0.687. The number of ketones is 1. The van der Waals surface area contributed by atoms with Crippen molar-refractivity contribution < 1.29 is 14.3 Å². The number of esters is 1. The largest absolute Gasteiger partial charge is 0.465 e. The zero-order chi connectivity index (χ0) is 23.3. The number of carbonyl (C=O) groups excluding carboxylic acids is 2. The highest BCUT2D eigenvalue weighted by molar-refractivity contribution is 5.88. The normalized spacial score (nSPS) is 13.4. The van der Waals surface area contributed by atoms with E-state index in [9.17, 15) is 9.59 Å². The van der Waals surface area contributed by atoms with Crippen molar-refractivity contribution in [1.82, 2.24) is 0 Å². The number of ether oxygens (including phenoxy) is 1. The van der Waals surface area contributed by atoms with E-state index >= 15 is 0 Å². The first kappa shape index (κ1) is 30.1. The fourth-order valence-corrected chi connectivity index (χ4v) is 3.94. The molecule has 4 N–H and O–H groups in total. The van der Waals surface area contributed by atoms with Crippen molar-refractivity contribution in [2.45, 2.75) is 130 Å². The van der Waals surface area contributed by atoms with Crippen molar-refractivity contribution in [1.29, 1.82) is 0 Å². The summed E-state index contributed by atoms with van der Waals surface area (Å²) in [6.45, 7) is 6.91. The molecule has 0 saturated heterocycles. The van der Waals surface area contributed by atoms with E-state index < -0.39 is 12.0 Å². The summed E-state index contributed by atoms with van der Waals surface area (Å²) >= 11 is 0. The van der Waals surface area contributed by atoms with Gasteiger partial charge >= 0.3 is 5.97 Å². The number of nitrogens with two attached hydrogens (primary N) is 2. The van der Waals surface area contributed by atoms with Gasteiger partial charge in [-0.05, 0) is 18.8 Å². The molecular weight excluding hydrogens is 388 g/mol. The summed E-state index contributed by atoms with van der Waals surface area (Å²) in [6, 6.07) is -0.687. The van der Waals surface area contributed by atoms with Crippen LogP contribution in [-0.2, 0) is 14.3 Å². The van der Waals surface area contributed by atoms with Crippen molar-refractivity contribution in [2.75, 3.05) is 13.2 Å². The molecule has 0 aliphatic carbocycles. The van der Waals surface area contributed by atoms with Gasteiger partial charge in [0.1, 0.15) is 0 Å². The van der Waals surface area contributed by atoms with Crippen LogP contribution in [0.1, 0.15) is 124 Å². The predicted molar refractivity (Wildman–Crippen MR) is 131 cm³/mol. The van der Waals surface area contributed by atoms with Crippen LogP contribution in [0.5, 0.6) is 0 Å². The first-order chi connectivity index (χ1) is 14.9. The molecule has 0 radical (unpaired) electrons. The SMILES string of the molecule is CCCCCCCCCCCCCCCCOC(=O)[C@@H](CC(=O)[C@@H](N)CN)CC(C)C. The van der Waals surface area contributed by atoms with Gasteiger partial charge in [-0.2, -0.15) is 0 Å². The number of rotatable bonds is 22. The second-order valence-electron chi connectivity index (χ2n) is 9.60. The van der Waals surface area contributed by atoms with Crippen LogP contribution in [0.25, 0.3) is 0 Å². The lowest BCUT2D eigenvalue weighted by Gasteiger charge is -2.18. The lowest BCUT2D eigenvalue weighted by atomic mass is 9.91. The summed E-state index contributed by atoms with van der Waals surface area (Å²) in [5, 5.41) is 0. The van der Waals surface area contributed by atoms with E-state index in [1.807, 2.05) is 13.8 Å². The Hall–Kier alpha value is -0.940. The average Bonchev–Trinajstić information content (AvgIpc) is 2.74. The highest BCUT2D eigenvalue weighted by atomic mass is 16.5. The molecule has 2 atom stereocenters. The molecule has 0 rings (SSSR count). The quantitative estimate of drug-likeness (QED) is 0.161. The monoisotopic (exact) mass is 440 g/mol. The average molecular weight is 441 g/mol. The van der Waals surface area contributed by atoms with Gasteiger partial charge in [-0.3, -0.25) is 9.59 Å². The number of hydrogen-bond donors (Lipinski definition) is 2. The molecule has 0 spiro atoms. The predicted octanol–water partition coefficient (Wildman–Crippen LogP) is 5.92. The smallest absolute Gasteiger partial charge is 0.309 e. The maximum atomic E-state index is 12.4. The van der Waals surface area contributed by atoms with Gasteiger partial charge in [0.25, 0.3) is 0 Å². The minimum Gasteiger partial charge on any atom is -0.465 e. The Kier molecular flexibility index (Phi) is 20.3. The summed E-state index contributed by atoms with van der Waals surface area (Å²) in [5.74, 6) is -0.500. The molecule has 0 bridgehead atoms. The molecule has 0 aromatic heterocycles. The molecule has 0 aliphatic rings. The molecule has 0 unspecified atom stereocenters. The standard InChI is InChI=1S/C26H52N2O3/c1-4-5-6-7-8-9-10-11-12-13-14-15-16-17-18-31-26(30)23(19-22(2)3)20-25(29)24(28)21-27/h22-24H,4-21,27-28H2,1-3H3/t23-,24+/m1/s1. The topological polar surface area (TPSA) is 95.4 Å². The molecule has 0 fully saturated rings. The molecule has 5 heteroatoms. The fraction of sp³-hybridized carbons (Fsp3) is 0.923. The summed E-state index contributed by atoms with van der Waals surface area (Å²) in [4.78, 5) is 24.5. The van der Waals surface area contributed by atoms with E-state index in [1.54, 1.807) is 0 Å². The van der Waals surface area contributed by atoms with Crippen LogP contribution in [0.3, 0.4) is 0 Å². The number of hydrogen-bond acceptors (Lipinski definition) is 5. The van der Waals surface area contributed by atoms with E-state index in [0.29, 0.717) is 18.9 Å². The van der Waals surface area contributed by atoms with Crippen LogP contribution in [0.15, 0.2) is 0 Å². The van der Waals surface area contributed by atoms with Crippen molar-refractivity contribution in [2.24, 2.45) is 23.3 Å². The van der Waals surface area contributed by atoms with Crippen LogP contribution in [0.2, 0.25) is 0 Å².